The number of esters is 1. The minimum Gasteiger partial charge on any atom is -0.490 e. The molecule has 0 spiro atoms. The Kier molecular flexibility index (Phi) is 7.18. The molecule has 0 unspecified atom stereocenters. The molecule has 114 valence electrons. The van der Waals surface area contributed by atoms with Crippen LogP contribution in [0.2, 0.25) is 0 Å². The van der Waals surface area contributed by atoms with E-state index in [1.165, 1.54) is 12.7 Å². The predicted molar refractivity (Wildman–Crippen MR) is 78.5 cm³/mol. The van der Waals surface area contributed by atoms with E-state index in [1.807, 2.05) is 19.9 Å². The van der Waals surface area contributed by atoms with Crippen LogP contribution in [-0.2, 0) is 14.3 Å². The van der Waals surface area contributed by atoms with Gasteiger partial charge in [-0.25, -0.2) is 4.79 Å². The van der Waals surface area contributed by atoms with Gasteiger partial charge in [-0.05, 0) is 44.2 Å². The Bertz CT molecular complexity index is 498. The Hall–Kier alpha value is -2.14. The number of carbonyl (C=O) groups is 2. The quantitative estimate of drug-likeness (QED) is 0.418. The van der Waals surface area contributed by atoms with E-state index in [9.17, 15) is 9.59 Å². The summed E-state index contributed by atoms with van der Waals surface area (Å²) in [5.41, 5.74) is 1.69. The first-order chi connectivity index (χ1) is 10.0. The van der Waals surface area contributed by atoms with E-state index in [-0.39, 0.29) is 19.0 Å². The van der Waals surface area contributed by atoms with Gasteiger partial charge in [-0.1, -0.05) is 5.57 Å². The van der Waals surface area contributed by atoms with Gasteiger partial charge in [0.25, 0.3) is 0 Å². The molecule has 0 amide bonds. The number of hydrogen-bond donors (Lipinski definition) is 0. The SMILES string of the molecule is COC(=O)COCC(=O)c1ccc(OCC=C(C)C)cc1. The molecule has 0 saturated carbocycles. The molecule has 0 saturated heterocycles. The second kappa shape index (κ2) is 8.92. The summed E-state index contributed by atoms with van der Waals surface area (Å²) in [5.74, 6) is -0.0138. The average Bonchev–Trinajstić information content (AvgIpc) is 2.47. The van der Waals surface area contributed by atoms with E-state index in [0.29, 0.717) is 17.9 Å². The molecule has 0 N–H and O–H groups in total. The van der Waals surface area contributed by atoms with Crippen LogP contribution in [0, 0.1) is 0 Å². The van der Waals surface area contributed by atoms with Gasteiger partial charge in [0.05, 0.1) is 7.11 Å². The number of ether oxygens (including phenoxy) is 3. The maximum absolute atomic E-state index is 11.8. The van der Waals surface area contributed by atoms with E-state index in [0.717, 1.165) is 0 Å². The Morgan fingerprint density at radius 2 is 1.76 bits per heavy atom. The molecule has 0 heterocycles. The van der Waals surface area contributed by atoms with Crippen molar-refractivity contribution in [3.8, 4) is 5.75 Å². The highest BCUT2D eigenvalue weighted by atomic mass is 16.6. The molecule has 1 aromatic rings. The molecule has 0 aliphatic rings. The molecule has 0 aliphatic heterocycles. The summed E-state index contributed by atoms with van der Waals surface area (Å²) in [4.78, 5) is 22.6. The molecule has 5 nitrogen and oxygen atoms in total. The van der Waals surface area contributed by atoms with E-state index < -0.39 is 5.97 Å². The topological polar surface area (TPSA) is 61.8 Å². The van der Waals surface area contributed by atoms with Gasteiger partial charge in [-0.15, -0.1) is 0 Å². The Morgan fingerprint density at radius 1 is 1.10 bits per heavy atom. The number of methoxy groups -OCH3 is 1. The van der Waals surface area contributed by atoms with Crippen molar-refractivity contribution < 1.29 is 23.8 Å². The molecular weight excluding hydrogens is 272 g/mol. The highest BCUT2D eigenvalue weighted by molar-refractivity contribution is 5.97. The molecule has 1 rings (SSSR count). The van der Waals surface area contributed by atoms with Crippen LogP contribution >= 0.6 is 0 Å². The van der Waals surface area contributed by atoms with Crippen LogP contribution in [-0.4, -0.2) is 38.7 Å². The first kappa shape index (κ1) is 16.9. The van der Waals surface area contributed by atoms with Crippen molar-refractivity contribution in [3.63, 3.8) is 0 Å². The number of rotatable bonds is 8. The highest BCUT2D eigenvalue weighted by Crippen LogP contribution is 2.13. The second-order valence-corrected chi connectivity index (χ2v) is 4.61. The first-order valence-electron chi connectivity index (χ1n) is 6.57. The molecule has 0 radical (unpaired) electrons. The van der Waals surface area contributed by atoms with Crippen molar-refractivity contribution in [1.82, 2.24) is 0 Å². The van der Waals surface area contributed by atoms with Gasteiger partial charge in [0, 0.05) is 5.56 Å². The molecule has 0 fully saturated rings. The molecule has 0 aliphatic carbocycles. The van der Waals surface area contributed by atoms with Crippen molar-refractivity contribution in [3.05, 3.63) is 41.5 Å². The van der Waals surface area contributed by atoms with Gasteiger partial charge in [-0.3, -0.25) is 4.79 Å². The molecule has 0 atom stereocenters. The van der Waals surface area contributed by atoms with E-state index >= 15 is 0 Å². The maximum atomic E-state index is 11.8. The van der Waals surface area contributed by atoms with Crippen LogP contribution in [0.15, 0.2) is 35.9 Å². The number of hydrogen-bond acceptors (Lipinski definition) is 5. The zero-order valence-electron chi connectivity index (χ0n) is 12.5. The van der Waals surface area contributed by atoms with Gasteiger partial charge >= 0.3 is 5.97 Å². The zero-order valence-corrected chi connectivity index (χ0v) is 12.5. The third-order valence-corrected chi connectivity index (χ3v) is 2.60. The summed E-state index contributed by atoms with van der Waals surface area (Å²) < 4.78 is 14.9. The van der Waals surface area contributed by atoms with Crippen LogP contribution in [0.1, 0.15) is 24.2 Å². The smallest absolute Gasteiger partial charge is 0.331 e. The normalized spacial score (nSPS) is 9.86. The number of carbonyl (C=O) groups excluding carboxylic acids is 2. The van der Waals surface area contributed by atoms with Gasteiger partial charge in [-0.2, -0.15) is 0 Å². The second-order valence-electron chi connectivity index (χ2n) is 4.61. The van der Waals surface area contributed by atoms with Crippen molar-refractivity contribution in [1.29, 1.82) is 0 Å². The molecule has 21 heavy (non-hydrogen) atoms. The summed E-state index contributed by atoms with van der Waals surface area (Å²) in [6.07, 6.45) is 1.97. The summed E-state index contributed by atoms with van der Waals surface area (Å²) >= 11 is 0. The Morgan fingerprint density at radius 3 is 2.33 bits per heavy atom. The number of benzene rings is 1. The first-order valence-corrected chi connectivity index (χ1v) is 6.57. The van der Waals surface area contributed by atoms with Crippen LogP contribution in [0.4, 0.5) is 0 Å². The predicted octanol–water partition coefficient (Wildman–Crippen LogP) is 2.40. The Labute approximate surface area is 124 Å². The minimum atomic E-state index is -0.508. The van der Waals surface area contributed by atoms with Crippen molar-refractivity contribution in [2.45, 2.75) is 13.8 Å². The monoisotopic (exact) mass is 292 g/mol. The van der Waals surface area contributed by atoms with Crippen LogP contribution in [0.25, 0.3) is 0 Å². The van der Waals surface area contributed by atoms with Gasteiger partial charge in [0.1, 0.15) is 25.6 Å². The summed E-state index contributed by atoms with van der Waals surface area (Å²) in [6.45, 7) is 4.11. The lowest BCUT2D eigenvalue weighted by Gasteiger charge is -2.06. The van der Waals surface area contributed by atoms with Gasteiger partial charge < -0.3 is 14.2 Å². The Balaban J connectivity index is 2.44. The van der Waals surface area contributed by atoms with Gasteiger partial charge in [0.15, 0.2) is 5.78 Å². The molecule has 0 aromatic heterocycles. The van der Waals surface area contributed by atoms with Crippen LogP contribution in [0.3, 0.4) is 0 Å². The van der Waals surface area contributed by atoms with Crippen LogP contribution in [0.5, 0.6) is 5.75 Å². The van der Waals surface area contributed by atoms with Crippen molar-refractivity contribution in [2.24, 2.45) is 0 Å². The third kappa shape index (κ3) is 6.72. The summed E-state index contributed by atoms with van der Waals surface area (Å²) in [5, 5.41) is 0. The zero-order chi connectivity index (χ0) is 15.7. The minimum absolute atomic E-state index is 0.160. The van der Waals surface area contributed by atoms with Crippen molar-refractivity contribution in [2.75, 3.05) is 26.9 Å². The molecular formula is C16H20O5. The molecule has 0 bridgehead atoms. The van der Waals surface area contributed by atoms with E-state index in [1.54, 1.807) is 24.3 Å². The lowest BCUT2D eigenvalue weighted by Crippen LogP contribution is -2.15. The van der Waals surface area contributed by atoms with E-state index in [4.69, 9.17) is 9.47 Å². The lowest BCUT2D eigenvalue weighted by molar-refractivity contribution is -0.145. The standard InChI is InChI=1S/C16H20O5/c1-12(2)8-9-21-14-6-4-13(5-7-14)15(17)10-20-11-16(18)19-3/h4-8H,9-11H2,1-3H3. The number of allylic oxidation sites excluding steroid dienone is 1. The molecule has 1 aromatic carbocycles. The fraction of sp³-hybridized carbons (Fsp3) is 0.375. The average molecular weight is 292 g/mol. The fourth-order valence-corrected chi connectivity index (χ4v) is 1.41. The maximum Gasteiger partial charge on any atom is 0.331 e. The summed E-state index contributed by atoms with van der Waals surface area (Å²) in [6, 6.07) is 6.79. The molecule has 5 heteroatoms. The van der Waals surface area contributed by atoms with Crippen LogP contribution < -0.4 is 4.74 Å². The lowest BCUT2D eigenvalue weighted by atomic mass is 10.1. The largest absolute Gasteiger partial charge is 0.490 e. The third-order valence-electron chi connectivity index (χ3n) is 2.60. The summed E-state index contributed by atoms with van der Waals surface area (Å²) in [7, 11) is 1.27. The number of ketones is 1. The van der Waals surface area contributed by atoms with Gasteiger partial charge in [0.2, 0.25) is 0 Å². The van der Waals surface area contributed by atoms with Crippen molar-refractivity contribution >= 4 is 11.8 Å². The fourth-order valence-electron chi connectivity index (χ4n) is 1.41. The van der Waals surface area contributed by atoms with E-state index in [2.05, 4.69) is 4.74 Å². The highest BCUT2D eigenvalue weighted by Gasteiger charge is 2.08. The number of Topliss-reactive ketones (excluding diaryl/α,β-unsaturated/α-hetero) is 1.